The molecule has 3 nitrogen and oxygen atoms in total. The van der Waals surface area contributed by atoms with Crippen LogP contribution in [0.1, 0.15) is 5.56 Å². The highest BCUT2D eigenvalue weighted by molar-refractivity contribution is 5.13. The summed E-state index contributed by atoms with van der Waals surface area (Å²) in [7, 11) is 0. The second-order valence-electron chi connectivity index (χ2n) is 4.22. The quantitative estimate of drug-likeness (QED) is 0.863. The third-order valence-corrected chi connectivity index (χ3v) is 2.86. The maximum Gasteiger partial charge on any atom is 0.362 e. The molecule has 0 saturated carbocycles. The summed E-state index contributed by atoms with van der Waals surface area (Å²) in [6.45, 7) is -1.03. The normalized spacial score (nSPS) is 29.1. The lowest BCUT2D eigenvalue weighted by molar-refractivity contribution is -0.381. The Morgan fingerprint density at radius 2 is 1.79 bits per heavy atom. The van der Waals surface area contributed by atoms with E-state index >= 15 is 0 Å². The zero-order chi connectivity index (χ0) is 14.1. The molecule has 0 radical (unpaired) electrons. The lowest BCUT2D eigenvalue weighted by Gasteiger charge is -2.39. The number of halogens is 4. The molecule has 1 aromatic rings. The predicted octanol–water partition coefficient (Wildman–Crippen LogP) is 2.19. The third-order valence-electron chi connectivity index (χ3n) is 2.86. The number of alkyl halides is 4. The number of aliphatic hydroxyl groups excluding tert-OH is 1. The van der Waals surface area contributed by atoms with Crippen LogP contribution in [0.25, 0.3) is 0 Å². The molecule has 1 unspecified atom stereocenters. The van der Waals surface area contributed by atoms with Crippen LogP contribution in [0.5, 0.6) is 0 Å². The van der Waals surface area contributed by atoms with E-state index in [9.17, 15) is 17.6 Å². The summed E-state index contributed by atoms with van der Waals surface area (Å²) in [5.41, 5.74) is 0.577. The van der Waals surface area contributed by atoms with Crippen molar-refractivity contribution in [3.05, 3.63) is 35.9 Å². The van der Waals surface area contributed by atoms with Gasteiger partial charge in [-0.15, -0.1) is 0 Å². The Labute approximate surface area is 106 Å². The van der Waals surface area contributed by atoms with Crippen LogP contribution in [0.15, 0.2) is 30.3 Å². The lowest BCUT2D eigenvalue weighted by Crippen LogP contribution is -2.63. The van der Waals surface area contributed by atoms with Gasteiger partial charge in [0.15, 0.2) is 6.10 Å². The van der Waals surface area contributed by atoms with Gasteiger partial charge in [-0.1, -0.05) is 30.3 Å². The molecule has 2 rings (SSSR count). The Morgan fingerprint density at radius 3 is 2.42 bits per heavy atom. The average molecular weight is 280 g/mol. The second-order valence-corrected chi connectivity index (χ2v) is 4.22. The largest absolute Gasteiger partial charge is 0.365 e. The highest BCUT2D eigenvalue weighted by Crippen LogP contribution is 2.44. The number of rotatable bonds is 3. The SMILES string of the molecule is OC1OC[C@@H](OCc2ccccc2)C(F)(F)C1(F)F. The van der Waals surface area contributed by atoms with Crippen molar-refractivity contribution < 1.29 is 32.1 Å². The van der Waals surface area contributed by atoms with E-state index in [2.05, 4.69) is 4.74 Å². The zero-order valence-electron chi connectivity index (χ0n) is 9.73. The van der Waals surface area contributed by atoms with Crippen molar-refractivity contribution >= 4 is 0 Å². The molecule has 0 spiro atoms. The highest BCUT2D eigenvalue weighted by atomic mass is 19.3. The van der Waals surface area contributed by atoms with Crippen molar-refractivity contribution in [3.63, 3.8) is 0 Å². The minimum Gasteiger partial charge on any atom is -0.365 e. The molecule has 1 heterocycles. The van der Waals surface area contributed by atoms with Crippen LogP contribution in [-0.2, 0) is 16.1 Å². The highest BCUT2D eigenvalue weighted by Gasteiger charge is 2.69. The van der Waals surface area contributed by atoms with Gasteiger partial charge in [0.05, 0.1) is 13.2 Å². The van der Waals surface area contributed by atoms with Gasteiger partial charge < -0.3 is 14.6 Å². The van der Waals surface area contributed by atoms with Gasteiger partial charge in [-0.05, 0) is 5.56 Å². The average Bonchev–Trinajstić information content (AvgIpc) is 2.37. The molecule has 0 amide bonds. The second kappa shape index (κ2) is 5.07. The van der Waals surface area contributed by atoms with Crippen molar-refractivity contribution in [3.8, 4) is 0 Å². The van der Waals surface area contributed by atoms with Crippen molar-refractivity contribution in [2.24, 2.45) is 0 Å². The Morgan fingerprint density at radius 1 is 1.16 bits per heavy atom. The molecule has 1 aliphatic rings. The Bertz CT molecular complexity index is 424. The standard InChI is InChI=1S/C12H12F4O3/c13-11(14)9(7-19-10(17)12(11,15)16)18-6-8-4-2-1-3-5-8/h1-5,9-10,17H,6-7H2/t9-,10?/m1/s1. The molecule has 1 N–H and O–H groups in total. The first-order chi connectivity index (χ1) is 8.85. The first-order valence-corrected chi connectivity index (χ1v) is 5.56. The monoisotopic (exact) mass is 280 g/mol. The van der Waals surface area contributed by atoms with Gasteiger partial charge in [-0.3, -0.25) is 0 Å². The van der Waals surface area contributed by atoms with Crippen molar-refractivity contribution in [2.45, 2.75) is 30.8 Å². The summed E-state index contributed by atoms with van der Waals surface area (Å²) in [4.78, 5) is 0. The van der Waals surface area contributed by atoms with Crippen molar-refractivity contribution in [1.29, 1.82) is 0 Å². The van der Waals surface area contributed by atoms with Gasteiger partial charge in [-0.2, -0.15) is 17.6 Å². The topological polar surface area (TPSA) is 38.7 Å². The van der Waals surface area contributed by atoms with Gasteiger partial charge in [0.1, 0.15) is 0 Å². The molecule has 1 aromatic carbocycles. The van der Waals surface area contributed by atoms with Crippen LogP contribution < -0.4 is 0 Å². The lowest BCUT2D eigenvalue weighted by atomic mass is 10.0. The summed E-state index contributed by atoms with van der Waals surface area (Å²) in [6.07, 6.45) is -4.93. The summed E-state index contributed by atoms with van der Waals surface area (Å²) in [6, 6.07) is 8.31. The van der Waals surface area contributed by atoms with Crippen LogP contribution in [-0.4, -0.2) is 36.0 Å². The van der Waals surface area contributed by atoms with E-state index < -0.39 is 30.8 Å². The van der Waals surface area contributed by atoms with E-state index in [1.165, 1.54) is 0 Å². The Kier molecular flexibility index (Phi) is 3.80. The number of hydrogen-bond acceptors (Lipinski definition) is 3. The minimum absolute atomic E-state index is 0.239. The first-order valence-electron chi connectivity index (χ1n) is 5.56. The van der Waals surface area contributed by atoms with E-state index in [0.29, 0.717) is 5.56 Å². The van der Waals surface area contributed by atoms with Crippen LogP contribution >= 0.6 is 0 Å². The fourth-order valence-corrected chi connectivity index (χ4v) is 1.69. The molecule has 1 fully saturated rings. The number of aliphatic hydroxyl groups is 1. The van der Waals surface area contributed by atoms with E-state index in [1.54, 1.807) is 30.3 Å². The van der Waals surface area contributed by atoms with Crippen LogP contribution in [0.3, 0.4) is 0 Å². The molecule has 7 heteroatoms. The maximum absolute atomic E-state index is 13.5. The van der Waals surface area contributed by atoms with E-state index in [-0.39, 0.29) is 6.61 Å². The molecule has 0 aliphatic carbocycles. The summed E-state index contributed by atoms with van der Waals surface area (Å²) >= 11 is 0. The van der Waals surface area contributed by atoms with E-state index in [4.69, 9.17) is 9.84 Å². The summed E-state index contributed by atoms with van der Waals surface area (Å²) in [5.74, 6) is -9.16. The van der Waals surface area contributed by atoms with Gasteiger partial charge in [0.25, 0.3) is 0 Å². The summed E-state index contributed by atoms with van der Waals surface area (Å²) < 4.78 is 62.3. The number of ether oxygens (including phenoxy) is 2. The molecular weight excluding hydrogens is 268 g/mol. The van der Waals surface area contributed by atoms with Gasteiger partial charge >= 0.3 is 11.8 Å². The molecule has 2 atom stereocenters. The fraction of sp³-hybridized carbons (Fsp3) is 0.500. The number of hydrogen-bond donors (Lipinski definition) is 1. The predicted molar refractivity (Wildman–Crippen MR) is 56.9 cm³/mol. The minimum atomic E-state index is -4.67. The molecule has 106 valence electrons. The molecule has 1 saturated heterocycles. The first kappa shape index (κ1) is 14.2. The van der Waals surface area contributed by atoms with Crippen LogP contribution in [0.2, 0.25) is 0 Å². The number of benzene rings is 1. The Hall–Kier alpha value is -1.18. The molecule has 19 heavy (non-hydrogen) atoms. The van der Waals surface area contributed by atoms with Crippen LogP contribution in [0.4, 0.5) is 17.6 Å². The zero-order valence-corrected chi connectivity index (χ0v) is 9.73. The maximum atomic E-state index is 13.5. The molecule has 1 aliphatic heterocycles. The molecular formula is C12H12F4O3. The van der Waals surface area contributed by atoms with E-state index in [0.717, 1.165) is 0 Å². The van der Waals surface area contributed by atoms with Gasteiger partial charge in [0, 0.05) is 0 Å². The fourth-order valence-electron chi connectivity index (χ4n) is 1.69. The molecule has 0 aromatic heterocycles. The van der Waals surface area contributed by atoms with Crippen molar-refractivity contribution in [1.82, 2.24) is 0 Å². The summed E-state index contributed by atoms with van der Waals surface area (Å²) in [5, 5.41) is 8.77. The molecule has 0 bridgehead atoms. The van der Waals surface area contributed by atoms with Gasteiger partial charge in [0.2, 0.25) is 6.29 Å². The van der Waals surface area contributed by atoms with Crippen molar-refractivity contribution in [2.75, 3.05) is 6.61 Å². The third kappa shape index (κ3) is 2.58. The van der Waals surface area contributed by atoms with Crippen LogP contribution in [0, 0.1) is 0 Å². The van der Waals surface area contributed by atoms with E-state index in [1.807, 2.05) is 0 Å². The van der Waals surface area contributed by atoms with Gasteiger partial charge in [-0.25, -0.2) is 0 Å². The Balaban J connectivity index is 2.05. The smallest absolute Gasteiger partial charge is 0.362 e.